The number of thioether (sulfide) groups is 1. The van der Waals surface area contributed by atoms with Crippen molar-refractivity contribution in [3.63, 3.8) is 0 Å². The van der Waals surface area contributed by atoms with Gasteiger partial charge in [-0.3, -0.25) is 9.48 Å². The van der Waals surface area contributed by atoms with Crippen molar-refractivity contribution >= 4 is 17.7 Å². The number of rotatable bonds is 7. The highest BCUT2D eigenvalue weighted by Gasteiger charge is 2.13. The van der Waals surface area contributed by atoms with Gasteiger partial charge in [-0.1, -0.05) is 48.0 Å². The van der Waals surface area contributed by atoms with Crippen molar-refractivity contribution in [2.75, 3.05) is 5.75 Å². The Morgan fingerprint density at radius 3 is 2.57 bits per heavy atom. The van der Waals surface area contributed by atoms with Crippen LogP contribution in [0.2, 0.25) is 0 Å². The van der Waals surface area contributed by atoms with E-state index in [-0.39, 0.29) is 5.91 Å². The van der Waals surface area contributed by atoms with Gasteiger partial charge < -0.3 is 5.32 Å². The summed E-state index contributed by atoms with van der Waals surface area (Å²) in [6.45, 7) is 9.47. The summed E-state index contributed by atoms with van der Waals surface area (Å²) in [6, 6.07) is 16.6. The Morgan fingerprint density at radius 1 is 1.07 bits per heavy atom. The summed E-state index contributed by atoms with van der Waals surface area (Å²) in [5, 5.41) is 7.71. The average molecular weight is 394 g/mol. The Hall–Kier alpha value is -2.53. The zero-order chi connectivity index (χ0) is 20.1. The molecule has 1 aromatic heterocycles. The van der Waals surface area contributed by atoms with Crippen molar-refractivity contribution in [2.45, 2.75) is 45.7 Å². The molecule has 5 heteroatoms. The minimum absolute atomic E-state index is 0.0421. The Labute approximate surface area is 171 Å². The van der Waals surface area contributed by atoms with E-state index in [0.29, 0.717) is 12.3 Å². The van der Waals surface area contributed by atoms with Gasteiger partial charge in [0.25, 0.3) is 0 Å². The molecule has 28 heavy (non-hydrogen) atoms. The van der Waals surface area contributed by atoms with Crippen molar-refractivity contribution in [2.24, 2.45) is 0 Å². The molecule has 3 aromatic rings. The molecule has 3 rings (SSSR count). The van der Waals surface area contributed by atoms with Gasteiger partial charge in [0.15, 0.2) is 0 Å². The van der Waals surface area contributed by atoms with Gasteiger partial charge in [0.1, 0.15) is 0 Å². The lowest BCUT2D eigenvalue weighted by Gasteiger charge is -2.09. The number of hydrogen-bond donors (Lipinski definition) is 1. The van der Waals surface area contributed by atoms with Crippen LogP contribution < -0.4 is 5.32 Å². The maximum absolute atomic E-state index is 12.3. The van der Waals surface area contributed by atoms with E-state index in [2.05, 4.69) is 61.5 Å². The van der Waals surface area contributed by atoms with Gasteiger partial charge in [0.05, 0.1) is 18.0 Å². The molecule has 0 saturated heterocycles. The SMILES string of the molecule is Cc1ccc(C)c(SCC(=O)NCc2c(C)nn(Cc3ccccc3)c2C)c1. The summed E-state index contributed by atoms with van der Waals surface area (Å²) in [6.07, 6.45) is 0. The number of nitrogens with zero attached hydrogens (tertiary/aromatic N) is 2. The zero-order valence-electron chi connectivity index (χ0n) is 17.0. The van der Waals surface area contributed by atoms with E-state index < -0.39 is 0 Å². The van der Waals surface area contributed by atoms with Crippen LogP contribution in [0.1, 0.15) is 33.6 Å². The van der Waals surface area contributed by atoms with Crippen LogP contribution in [0.3, 0.4) is 0 Å². The molecule has 0 atom stereocenters. The third-order valence-corrected chi connectivity index (χ3v) is 6.03. The first-order valence-electron chi connectivity index (χ1n) is 9.47. The first-order valence-corrected chi connectivity index (χ1v) is 10.5. The van der Waals surface area contributed by atoms with Crippen LogP contribution in [0.4, 0.5) is 0 Å². The van der Waals surface area contributed by atoms with Crippen LogP contribution in [0.15, 0.2) is 53.4 Å². The van der Waals surface area contributed by atoms with E-state index in [1.807, 2.05) is 29.8 Å². The van der Waals surface area contributed by atoms with Crippen LogP contribution in [-0.4, -0.2) is 21.4 Å². The van der Waals surface area contributed by atoms with Gasteiger partial charge in [0, 0.05) is 22.7 Å². The number of nitrogens with one attached hydrogen (secondary N) is 1. The summed E-state index contributed by atoms with van der Waals surface area (Å²) in [4.78, 5) is 13.5. The fraction of sp³-hybridized carbons (Fsp3) is 0.304. The average Bonchev–Trinajstić information content (AvgIpc) is 2.94. The van der Waals surface area contributed by atoms with Crippen LogP contribution in [0.5, 0.6) is 0 Å². The first kappa shape index (κ1) is 20.2. The summed E-state index contributed by atoms with van der Waals surface area (Å²) >= 11 is 1.59. The van der Waals surface area contributed by atoms with Gasteiger partial charge >= 0.3 is 0 Å². The fourth-order valence-electron chi connectivity index (χ4n) is 3.14. The molecule has 0 bridgehead atoms. The third-order valence-electron chi connectivity index (χ3n) is 4.87. The molecule has 1 amide bonds. The van der Waals surface area contributed by atoms with Crippen LogP contribution in [0, 0.1) is 27.7 Å². The van der Waals surface area contributed by atoms with E-state index in [9.17, 15) is 4.79 Å². The predicted octanol–water partition coefficient (Wildman–Crippen LogP) is 4.57. The molecule has 0 unspecified atom stereocenters. The summed E-state index contributed by atoms with van der Waals surface area (Å²) < 4.78 is 2.01. The maximum atomic E-state index is 12.3. The molecule has 1 N–H and O–H groups in total. The number of aryl methyl sites for hydroxylation is 3. The predicted molar refractivity (Wildman–Crippen MR) is 116 cm³/mol. The largest absolute Gasteiger partial charge is 0.351 e. The van der Waals surface area contributed by atoms with Gasteiger partial charge in [-0.15, -0.1) is 11.8 Å². The quantitative estimate of drug-likeness (QED) is 0.598. The molecule has 0 fully saturated rings. The highest BCUT2D eigenvalue weighted by molar-refractivity contribution is 8.00. The second-order valence-corrected chi connectivity index (χ2v) is 8.14. The van der Waals surface area contributed by atoms with E-state index in [4.69, 9.17) is 0 Å². The standard InChI is InChI=1S/C23H27N3OS/c1-16-10-11-17(2)22(12-16)28-15-23(27)24-13-21-18(3)25-26(19(21)4)14-20-8-6-5-7-9-20/h5-12H,13-15H2,1-4H3,(H,24,27). The monoisotopic (exact) mass is 393 g/mol. The van der Waals surface area contributed by atoms with Crippen molar-refractivity contribution in [1.29, 1.82) is 0 Å². The Balaban J connectivity index is 1.58. The zero-order valence-corrected chi connectivity index (χ0v) is 17.8. The molecule has 0 saturated carbocycles. The molecule has 1 heterocycles. The van der Waals surface area contributed by atoms with E-state index >= 15 is 0 Å². The van der Waals surface area contributed by atoms with E-state index in [1.165, 1.54) is 16.7 Å². The van der Waals surface area contributed by atoms with Crippen LogP contribution in [-0.2, 0) is 17.9 Å². The van der Waals surface area contributed by atoms with Crippen molar-refractivity contribution in [3.05, 3.63) is 82.2 Å². The molecule has 0 aliphatic carbocycles. The lowest BCUT2D eigenvalue weighted by Crippen LogP contribution is -2.25. The van der Waals surface area contributed by atoms with Gasteiger partial charge in [0.2, 0.25) is 5.91 Å². The Bertz CT molecular complexity index is 963. The smallest absolute Gasteiger partial charge is 0.230 e. The van der Waals surface area contributed by atoms with Crippen LogP contribution in [0.25, 0.3) is 0 Å². The van der Waals surface area contributed by atoms with Crippen molar-refractivity contribution < 1.29 is 4.79 Å². The van der Waals surface area contributed by atoms with Crippen molar-refractivity contribution in [1.82, 2.24) is 15.1 Å². The highest BCUT2D eigenvalue weighted by atomic mass is 32.2. The summed E-state index contributed by atoms with van der Waals surface area (Å²) in [5.74, 6) is 0.459. The second kappa shape index (κ2) is 9.11. The normalized spacial score (nSPS) is 10.9. The lowest BCUT2D eigenvalue weighted by atomic mass is 10.2. The number of aromatic nitrogens is 2. The molecule has 4 nitrogen and oxygen atoms in total. The molecule has 0 spiro atoms. The minimum atomic E-state index is 0.0421. The maximum Gasteiger partial charge on any atom is 0.230 e. The molecule has 0 aliphatic heterocycles. The number of amides is 1. The molecular formula is C23H27N3OS. The molecule has 2 aromatic carbocycles. The Morgan fingerprint density at radius 2 is 1.82 bits per heavy atom. The summed E-state index contributed by atoms with van der Waals surface area (Å²) in [5.41, 5.74) is 6.80. The molecular weight excluding hydrogens is 366 g/mol. The third kappa shape index (κ3) is 5.04. The van der Waals surface area contributed by atoms with Crippen LogP contribution >= 0.6 is 11.8 Å². The van der Waals surface area contributed by atoms with Crippen molar-refractivity contribution in [3.8, 4) is 0 Å². The van der Waals surface area contributed by atoms with E-state index in [0.717, 1.165) is 28.4 Å². The molecule has 146 valence electrons. The minimum Gasteiger partial charge on any atom is -0.351 e. The van der Waals surface area contributed by atoms with Gasteiger partial charge in [-0.25, -0.2) is 0 Å². The number of hydrogen-bond acceptors (Lipinski definition) is 3. The molecule has 0 radical (unpaired) electrons. The number of benzene rings is 2. The van der Waals surface area contributed by atoms with E-state index in [1.54, 1.807) is 11.8 Å². The first-order chi connectivity index (χ1) is 13.4. The number of carbonyl (C=O) groups is 1. The van der Waals surface area contributed by atoms with Gasteiger partial charge in [-0.2, -0.15) is 5.10 Å². The highest BCUT2D eigenvalue weighted by Crippen LogP contribution is 2.23. The molecule has 0 aliphatic rings. The number of carbonyl (C=O) groups excluding carboxylic acids is 1. The summed E-state index contributed by atoms with van der Waals surface area (Å²) in [7, 11) is 0. The Kier molecular flexibility index (Phi) is 6.57. The second-order valence-electron chi connectivity index (χ2n) is 7.13. The fourth-order valence-corrected chi connectivity index (χ4v) is 4.10. The van der Waals surface area contributed by atoms with Gasteiger partial charge in [-0.05, 0) is 44.9 Å². The topological polar surface area (TPSA) is 46.9 Å². The lowest BCUT2D eigenvalue weighted by molar-refractivity contribution is -0.118.